The second-order valence-electron chi connectivity index (χ2n) is 3.72. The van der Waals surface area contributed by atoms with Crippen molar-refractivity contribution in [1.29, 1.82) is 0 Å². The van der Waals surface area contributed by atoms with E-state index in [2.05, 4.69) is 4.98 Å². The molecule has 0 aliphatic heterocycles. The topological polar surface area (TPSA) is 93.3 Å². The van der Waals surface area contributed by atoms with Gasteiger partial charge in [0.15, 0.2) is 4.34 Å². The number of aromatic carboxylic acids is 1. The molecule has 0 amide bonds. The van der Waals surface area contributed by atoms with Crippen LogP contribution in [0, 0.1) is 22.9 Å². The molecule has 2 rings (SSSR count). The van der Waals surface area contributed by atoms with Crippen LogP contribution < -0.4 is 0 Å². The maximum Gasteiger partial charge on any atom is 0.338 e. The van der Waals surface area contributed by atoms with Crippen LogP contribution in [-0.4, -0.2) is 21.0 Å². The summed E-state index contributed by atoms with van der Waals surface area (Å²) in [5.74, 6) is -2.61. The summed E-state index contributed by atoms with van der Waals surface area (Å²) in [6, 6.07) is 1.57. The Balaban J connectivity index is 2.50. The van der Waals surface area contributed by atoms with Gasteiger partial charge >= 0.3 is 5.97 Å². The highest BCUT2D eigenvalue weighted by Gasteiger charge is 2.23. The summed E-state index contributed by atoms with van der Waals surface area (Å²) in [5, 5.41) is 21.5. The third-order valence-electron chi connectivity index (χ3n) is 2.27. The third kappa shape index (κ3) is 2.94. The van der Waals surface area contributed by atoms with Crippen LogP contribution >= 0.6 is 23.1 Å². The van der Waals surface area contributed by atoms with Crippen LogP contribution in [0.5, 0.6) is 0 Å². The molecule has 1 aromatic heterocycles. The van der Waals surface area contributed by atoms with Gasteiger partial charge in [-0.3, -0.25) is 10.1 Å². The summed E-state index contributed by atoms with van der Waals surface area (Å²) in [6.07, 6.45) is 0. The summed E-state index contributed by atoms with van der Waals surface area (Å²) >= 11 is 2.21. The van der Waals surface area contributed by atoms with Gasteiger partial charge < -0.3 is 5.11 Å². The molecule has 0 saturated carbocycles. The Bertz CT molecular complexity index is 702. The van der Waals surface area contributed by atoms with E-state index in [1.807, 2.05) is 0 Å². The van der Waals surface area contributed by atoms with Gasteiger partial charge in [-0.25, -0.2) is 14.2 Å². The molecule has 0 atom stereocenters. The first kappa shape index (κ1) is 14.4. The molecule has 1 heterocycles. The molecule has 104 valence electrons. The number of nitro benzene ring substituents is 1. The largest absolute Gasteiger partial charge is 0.478 e. The van der Waals surface area contributed by atoms with E-state index < -0.39 is 28.0 Å². The minimum Gasteiger partial charge on any atom is -0.478 e. The van der Waals surface area contributed by atoms with Gasteiger partial charge in [0.05, 0.1) is 21.4 Å². The number of benzene rings is 1. The molecule has 0 radical (unpaired) electrons. The van der Waals surface area contributed by atoms with Crippen molar-refractivity contribution in [2.24, 2.45) is 0 Å². The van der Waals surface area contributed by atoms with Crippen LogP contribution in [0.2, 0.25) is 0 Å². The van der Waals surface area contributed by atoms with Crippen molar-refractivity contribution in [1.82, 2.24) is 4.98 Å². The van der Waals surface area contributed by atoms with Crippen molar-refractivity contribution >= 4 is 34.8 Å². The molecule has 0 aliphatic rings. The fourth-order valence-corrected chi connectivity index (χ4v) is 3.32. The standard InChI is InChI=1S/C11H7FN2O4S2/c1-5-4-19-11(13-5)20-9-2-6(10(15)16)7(12)3-8(9)14(17)18/h2-4H,1H3,(H,15,16). The van der Waals surface area contributed by atoms with E-state index in [9.17, 15) is 19.3 Å². The van der Waals surface area contributed by atoms with E-state index in [0.29, 0.717) is 10.4 Å². The molecule has 1 aromatic carbocycles. The Morgan fingerprint density at radius 2 is 2.25 bits per heavy atom. The number of rotatable bonds is 4. The van der Waals surface area contributed by atoms with Gasteiger partial charge in [-0.2, -0.15) is 0 Å². The highest BCUT2D eigenvalue weighted by Crippen LogP contribution is 2.37. The van der Waals surface area contributed by atoms with Crippen LogP contribution in [0.15, 0.2) is 26.7 Å². The van der Waals surface area contributed by atoms with Crippen molar-refractivity contribution < 1.29 is 19.2 Å². The first-order valence-corrected chi connectivity index (χ1v) is 6.89. The summed E-state index contributed by atoms with van der Waals surface area (Å²) in [5.41, 5.74) is -0.336. The zero-order chi connectivity index (χ0) is 14.9. The second kappa shape index (κ2) is 5.55. The van der Waals surface area contributed by atoms with Gasteiger partial charge in [-0.1, -0.05) is 11.8 Å². The summed E-state index contributed by atoms with van der Waals surface area (Å²) in [6.45, 7) is 1.77. The van der Waals surface area contributed by atoms with Crippen LogP contribution in [0.1, 0.15) is 16.1 Å². The molecule has 1 N–H and O–H groups in total. The van der Waals surface area contributed by atoms with Crippen molar-refractivity contribution in [3.63, 3.8) is 0 Å². The molecule has 0 saturated heterocycles. The van der Waals surface area contributed by atoms with E-state index in [4.69, 9.17) is 5.11 Å². The first-order valence-electron chi connectivity index (χ1n) is 5.19. The average molecular weight is 314 g/mol. The number of hydrogen-bond acceptors (Lipinski definition) is 6. The molecule has 2 aromatic rings. The first-order chi connectivity index (χ1) is 9.38. The van der Waals surface area contributed by atoms with Crippen LogP contribution in [0.4, 0.5) is 10.1 Å². The number of aromatic nitrogens is 1. The Morgan fingerprint density at radius 3 is 2.75 bits per heavy atom. The number of carbonyl (C=O) groups is 1. The Kier molecular flexibility index (Phi) is 4.00. The number of aryl methyl sites for hydroxylation is 1. The maximum atomic E-state index is 13.5. The predicted molar refractivity (Wildman–Crippen MR) is 71.0 cm³/mol. The zero-order valence-electron chi connectivity index (χ0n) is 9.99. The SMILES string of the molecule is Cc1csc(Sc2cc(C(=O)O)c(F)cc2[N+](=O)[O-])n1. The van der Waals surface area contributed by atoms with E-state index in [-0.39, 0.29) is 4.90 Å². The smallest absolute Gasteiger partial charge is 0.338 e. The van der Waals surface area contributed by atoms with Crippen LogP contribution in [-0.2, 0) is 0 Å². The van der Waals surface area contributed by atoms with E-state index in [1.54, 1.807) is 12.3 Å². The van der Waals surface area contributed by atoms with Crippen molar-refractivity contribution in [2.45, 2.75) is 16.2 Å². The zero-order valence-corrected chi connectivity index (χ0v) is 11.6. The molecular weight excluding hydrogens is 307 g/mol. The van der Waals surface area contributed by atoms with Crippen molar-refractivity contribution in [2.75, 3.05) is 0 Å². The summed E-state index contributed by atoms with van der Waals surface area (Å²) in [4.78, 5) is 25.2. The van der Waals surface area contributed by atoms with E-state index >= 15 is 0 Å². The van der Waals surface area contributed by atoms with Gasteiger partial charge in [-0.15, -0.1) is 11.3 Å². The van der Waals surface area contributed by atoms with Crippen molar-refractivity contribution in [3.8, 4) is 0 Å². The maximum absolute atomic E-state index is 13.5. The highest BCUT2D eigenvalue weighted by atomic mass is 32.2. The van der Waals surface area contributed by atoms with Crippen molar-refractivity contribution in [3.05, 3.63) is 44.7 Å². The number of nitro groups is 1. The summed E-state index contributed by atoms with van der Waals surface area (Å²) in [7, 11) is 0. The third-order valence-corrected chi connectivity index (χ3v) is 4.37. The van der Waals surface area contributed by atoms with Gasteiger partial charge in [0.25, 0.3) is 5.69 Å². The van der Waals surface area contributed by atoms with E-state index in [1.165, 1.54) is 11.3 Å². The van der Waals surface area contributed by atoms with Crippen LogP contribution in [0.25, 0.3) is 0 Å². The van der Waals surface area contributed by atoms with E-state index in [0.717, 1.165) is 23.5 Å². The Labute approximate surface area is 120 Å². The number of hydrogen-bond donors (Lipinski definition) is 1. The lowest BCUT2D eigenvalue weighted by Crippen LogP contribution is -2.03. The lowest BCUT2D eigenvalue weighted by atomic mass is 10.2. The fourth-order valence-electron chi connectivity index (χ4n) is 1.40. The molecule has 0 spiro atoms. The lowest BCUT2D eigenvalue weighted by molar-refractivity contribution is -0.387. The molecule has 0 fully saturated rings. The molecule has 0 bridgehead atoms. The minimum absolute atomic E-state index is 0.0446. The normalized spacial score (nSPS) is 10.5. The molecule has 9 heteroatoms. The quantitative estimate of drug-likeness (QED) is 0.687. The van der Waals surface area contributed by atoms with Gasteiger partial charge in [0, 0.05) is 11.1 Å². The van der Waals surface area contributed by atoms with Gasteiger partial charge in [-0.05, 0) is 13.0 Å². The molecular formula is C11H7FN2O4S2. The van der Waals surface area contributed by atoms with Crippen LogP contribution in [0.3, 0.4) is 0 Å². The number of carboxylic acids is 1. The predicted octanol–water partition coefficient (Wildman–Crippen LogP) is 3.35. The summed E-state index contributed by atoms with van der Waals surface area (Å²) < 4.78 is 14.0. The van der Waals surface area contributed by atoms with Gasteiger partial charge in [0.1, 0.15) is 5.82 Å². The average Bonchev–Trinajstić information content (AvgIpc) is 2.76. The molecule has 0 aliphatic carbocycles. The minimum atomic E-state index is -1.48. The number of thiazole rings is 1. The molecule has 6 nitrogen and oxygen atoms in total. The second-order valence-corrected chi connectivity index (χ2v) is 5.87. The Morgan fingerprint density at radius 1 is 1.55 bits per heavy atom. The number of halogens is 1. The number of carboxylic acid groups (broad SMARTS) is 1. The fraction of sp³-hybridized carbons (Fsp3) is 0.0909. The monoisotopic (exact) mass is 314 g/mol. The van der Waals surface area contributed by atoms with Gasteiger partial charge in [0.2, 0.25) is 0 Å². The lowest BCUT2D eigenvalue weighted by Gasteiger charge is -2.03. The highest BCUT2D eigenvalue weighted by molar-refractivity contribution is 8.01. The molecule has 20 heavy (non-hydrogen) atoms. The number of nitrogens with zero attached hydrogens (tertiary/aromatic N) is 2. The Hall–Kier alpha value is -2.00. The molecule has 0 unspecified atom stereocenters.